The Labute approximate surface area is 105 Å². The zero-order valence-electron chi connectivity index (χ0n) is 10.0. The van der Waals surface area contributed by atoms with Crippen LogP contribution in [0.3, 0.4) is 0 Å². The Kier molecular flexibility index (Phi) is 2.98. The van der Waals surface area contributed by atoms with Crippen LogP contribution in [0.4, 0.5) is 5.69 Å². The van der Waals surface area contributed by atoms with Crippen LogP contribution in [-0.4, -0.2) is 23.4 Å². The van der Waals surface area contributed by atoms with Gasteiger partial charge in [0.1, 0.15) is 0 Å². The van der Waals surface area contributed by atoms with Crippen molar-refractivity contribution in [2.45, 2.75) is 18.8 Å². The standard InChI is InChI=1S/C13H15N3O2/c14-11-5-1-3-9(7-11)12-15-13(18-16-12)10-4-2-6-17-8-10/h1,3,5,7,10H,2,4,6,8,14H2. The van der Waals surface area contributed by atoms with Crippen LogP contribution in [0.1, 0.15) is 24.7 Å². The average Bonchev–Trinajstić information content (AvgIpc) is 2.89. The third kappa shape index (κ3) is 2.22. The molecule has 94 valence electrons. The number of aromatic nitrogens is 2. The van der Waals surface area contributed by atoms with Gasteiger partial charge in [-0.2, -0.15) is 4.98 Å². The normalized spacial score (nSPS) is 19.9. The molecule has 18 heavy (non-hydrogen) atoms. The molecule has 1 unspecified atom stereocenters. The van der Waals surface area contributed by atoms with Crippen molar-refractivity contribution >= 4 is 5.69 Å². The number of nitrogen functional groups attached to an aromatic ring is 1. The molecule has 2 heterocycles. The van der Waals surface area contributed by atoms with Crippen molar-refractivity contribution < 1.29 is 9.26 Å². The van der Waals surface area contributed by atoms with Crippen molar-refractivity contribution in [2.75, 3.05) is 18.9 Å². The number of hydrogen-bond donors (Lipinski definition) is 1. The molecule has 3 rings (SSSR count). The summed E-state index contributed by atoms with van der Waals surface area (Å²) in [5.74, 6) is 1.47. The highest BCUT2D eigenvalue weighted by atomic mass is 16.5. The Morgan fingerprint density at radius 3 is 3.06 bits per heavy atom. The average molecular weight is 245 g/mol. The van der Waals surface area contributed by atoms with Crippen molar-refractivity contribution in [3.05, 3.63) is 30.2 Å². The summed E-state index contributed by atoms with van der Waals surface area (Å²) < 4.78 is 10.7. The van der Waals surface area contributed by atoms with Gasteiger partial charge in [-0.1, -0.05) is 17.3 Å². The number of nitrogens with two attached hydrogens (primary N) is 1. The van der Waals surface area contributed by atoms with Gasteiger partial charge in [0.15, 0.2) is 0 Å². The Morgan fingerprint density at radius 1 is 1.33 bits per heavy atom. The van der Waals surface area contributed by atoms with E-state index in [9.17, 15) is 0 Å². The van der Waals surface area contributed by atoms with Crippen molar-refractivity contribution in [2.24, 2.45) is 0 Å². The van der Waals surface area contributed by atoms with E-state index >= 15 is 0 Å². The number of anilines is 1. The van der Waals surface area contributed by atoms with Gasteiger partial charge >= 0.3 is 0 Å². The minimum absolute atomic E-state index is 0.223. The summed E-state index contributed by atoms with van der Waals surface area (Å²) >= 11 is 0. The Balaban J connectivity index is 1.84. The first-order valence-electron chi connectivity index (χ1n) is 6.10. The van der Waals surface area contributed by atoms with Gasteiger partial charge in [-0.3, -0.25) is 0 Å². The van der Waals surface area contributed by atoms with E-state index in [1.54, 1.807) is 0 Å². The maximum absolute atomic E-state index is 5.74. The molecule has 2 aromatic rings. The van der Waals surface area contributed by atoms with Crippen LogP contribution in [-0.2, 0) is 4.74 Å². The largest absolute Gasteiger partial charge is 0.399 e. The second-order valence-corrected chi connectivity index (χ2v) is 4.50. The molecule has 1 fully saturated rings. The molecule has 0 radical (unpaired) electrons. The van der Waals surface area contributed by atoms with Crippen LogP contribution in [0.25, 0.3) is 11.4 Å². The number of rotatable bonds is 2. The second kappa shape index (κ2) is 4.78. The molecular formula is C13H15N3O2. The fourth-order valence-corrected chi connectivity index (χ4v) is 2.13. The lowest BCUT2D eigenvalue weighted by atomic mass is 10.0. The first kappa shape index (κ1) is 11.2. The zero-order valence-corrected chi connectivity index (χ0v) is 10.0. The van der Waals surface area contributed by atoms with E-state index in [4.69, 9.17) is 15.0 Å². The van der Waals surface area contributed by atoms with Gasteiger partial charge in [0.05, 0.1) is 12.5 Å². The summed E-state index contributed by atoms with van der Waals surface area (Å²) in [4.78, 5) is 4.43. The van der Waals surface area contributed by atoms with Crippen molar-refractivity contribution in [1.82, 2.24) is 10.1 Å². The number of hydrogen-bond acceptors (Lipinski definition) is 5. The van der Waals surface area contributed by atoms with Crippen molar-refractivity contribution in [3.63, 3.8) is 0 Å². The molecule has 0 spiro atoms. The molecule has 1 aromatic heterocycles. The summed E-state index contributed by atoms with van der Waals surface area (Å²) in [6.07, 6.45) is 2.08. The Hall–Kier alpha value is -1.88. The van der Waals surface area contributed by atoms with E-state index in [-0.39, 0.29) is 5.92 Å². The van der Waals surface area contributed by atoms with Crippen LogP contribution in [0.2, 0.25) is 0 Å². The summed E-state index contributed by atoms with van der Waals surface area (Å²) in [6, 6.07) is 7.47. The molecule has 5 nitrogen and oxygen atoms in total. The third-order valence-electron chi connectivity index (χ3n) is 3.10. The summed E-state index contributed by atoms with van der Waals surface area (Å²) in [6.45, 7) is 1.49. The fraction of sp³-hybridized carbons (Fsp3) is 0.385. The van der Waals surface area contributed by atoms with Crippen LogP contribution < -0.4 is 5.73 Å². The fourth-order valence-electron chi connectivity index (χ4n) is 2.13. The zero-order chi connectivity index (χ0) is 12.4. The molecule has 0 saturated carbocycles. The molecule has 1 saturated heterocycles. The molecule has 1 atom stereocenters. The number of nitrogens with zero attached hydrogens (tertiary/aromatic N) is 2. The Bertz CT molecular complexity index is 533. The highest BCUT2D eigenvalue weighted by Gasteiger charge is 2.22. The molecule has 5 heteroatoms. The molecular weight excluding hydrogens is 230 g/mol. The minimum Gasteiger partial charge on any atom is -0.399 e. The summed E-state index contributed by atoms with van der Waals surface area (Å²) in [7, 11) is 0. The quantitative estimate of drug-likeness (QED) is 0.821. The van der Waals surface area contributed by atoms with Gasteiger partial charge < -0.3 is 15.0 Å². The van der Waals surface area contributed by atoms with Crippen molar-refractivity contribution in [3.8, 4) is 11.4 Å². The van der Waals surface area contributed by atoms with Gasteiger partial charge in [-0.05, 0) is 25.0 Å². The molecule has 0 amide bonds. The van der Waals surface area contributed by atoms with E-state index < -0.39 is 0 Å². The SMILES string of the molecule is Nc1cccc(-c2noc(C3CCCOC3)n2)c1. The highest BCUT2D eigenvalue weighted by Crippen LogP contribution is 2.26. The smallest absolute Gasteiger partial charge is 0.232 e. The van der Waals surface area contributed by atoms with E-state index in [0.29, 0.717) is 24.0 Å². The van der Waals surface area contributed by atoms with Gasteiger partial charge in [-0.25, -0.2) is 0 Å². The van der Waals surface area contributed by atoms with Crippen LogP contribution in [0.15, 0.2) is 28.8 Å². The van der Waals surface area contributed by atoms with Gasteiger partial charge in [0.2, 0.25) is 11.7 Å². The maximum atomic E-state index is 5.74. The molecule has 1 aliphatic rings. The molecule has 1 aromatic carbocycles. The number of ether oxygens (including phenoxy) is 1. The van der Waals surface area contributed by atoms with E-state index in [0.717, 1.165) is 25.0 Å². The molecule has 0 bridgehead atoms. The second-order valence-electron chi connectivity index (χ2n) is 4.50. The molecule has 1 aliphatic heterocycles. The van der Waals surface area contributed by atoms with Crippen LogP contribution in [0.5, 0.6) is 0 Å². The monoisotopic (exact) mass is 245 g/mol. The van der Waals surface area contributed by atoms with E-state index in [1.165, 1.54) is 0 Å². The Morgan fingerprint density at radius 2 is 2.28 bits per heavy atom. The topological polar surface area (TPSA) is 74.2 Å². The third-order valence-corrected chi connectivity index (χ3v) is 3.10. The van der Waals surface area contributed by atoms with Crippen LogP contribution >= 0.6 is 0 Å². The maximum Gasteiger partial charge on any atom is 0.232 e. The van der Waals surface area contributed by atoms with Gasteiger partial charge in [0, 0.05) is 17.9 Å². The van der Waals surface area contributed by atoms with Crippen LogP contribution in [0, 0.1) is 0 Å². The lowest BCUT2D eigenvalue weighted by Crippen LogP contribution is -2.15. The lowest BCUT2D eigenvalue weighted by molar-refractivity contribution is 0.0705. The first-order valence-corrected chi connectivity index (χ1v) is 6.10. The predicted octanol–water partition coefficient (Wildman–Crippen LogP) is 2.21. The van der Waals surface area contributed by atoms with E-state index in [1.807, 2.05) is 24.3 Å². The van der Waals surface area contributed by atoms with Gasteiger partial charge in [0.25, 0.3) is 0 Å². The molecule has 0 aliphatic carbocycles. The van der Waals surface area contributed by atoms with Crippen molar-refractivity contribution in [1.29, 1.82) is 0 Å². The van der Waals surface area contributed by atoms with E-state index in [2.05, 4.69) is 10.1 Å². The first-order chi connectivity index (χ1) is 8.83. The predicted molar refractivity (Wildman–Crippen MR) is 66.9 cm³/mol. The summed E-state index contributed by atoms with van der Waals surface area (Å²) in [5, 5.41) is 4.01. The highest BCUT2D eigenvalue weighted by molar-refractivity contribution is 5.60. The summed E-state index contributed by atoms with van der Waals surface area (Å²) in [5.41, 5.74) is 7.31. The van der Waals surface area contributed by atoms with Gasteiger partial charge in [-0.15, -0.1) is 0 Å². The lowest BCUT2D eigenvalue weighted by Gasteiger charge is -2.17. The number of benzene rings is 1. The molecule has 2 N–H and O–H groups in total. The minimum atomic E-state index is 0.223.